The Morgan fingerprint density at radius 2 is 1.27 bits per heavy atom. The van der Waals surface area contributed by atoms with E-state index in [9.17, 15) is 5.11 Å². The van der Waals surface area contributed by atoms with Crippen molar-refractivity contribution in [1.29, 1.82) is 0 Å². The van der Waals surface area contributed by atoms with Crippen molar-refractivity contribution in [1.82, 2.24) is 0 Å². The van der Waals surface area contributed by atoms with Gasteiger partial charge in [-0.15, -0.1) is 0 Å². The van der Waals surface area contributed by atoms with Crippen LogP contribution in [0.5, 0.6) is 11.5 Å². The summed E-state index contributed by atoms with van der Waals surface area (Å²) >= 11 is 0. The predicted molar refractivity (Wildman–Crippen MR) is 230 cm³/mol. The van der Waals surface area contributed by atoms with Gasteiger partial charge in [0.2, 0.25) is 0 Å². The summed E-state index contributed by atoms with van der Waals surface area (Å²) in [6, 6.07) is 25.0. The van der Waals surface area contributed by atoms with Crippen LogP contribution in [0.2, 0.25) is 18.1 Å². The number of hydrogen-bond donors (Lipinski definition) is 1. The molecule has 2 unspecified atom stereocenters. The molecule has 4 aliphatic rings. The summed E-state index contributed by atoms with van der Waals surface area (Å²) in [4.78, 5) is 0. The van der Waals surface area contributed by atoms with E-state index in [0.29, 0.717) is 0 Å². The molecule has 4 aliphatic heterocycles. The molecule has 1 N–H and O–H groups in total. The molecule has 0 aromatic heterocycles. The van der Waals surface area contributed by atoms with Crippen molar-refractivity contribution in [2.24, 2.45) is 0 Å². The first-order valence-corrected chi connectivity index (χ1v) is 24.4. The van der Waals surface area contributed by atoms with Crippen LogP contribution in [0.1, 0.15) is 71.4 Å². The summed E-state index contributed by atoms with van der Waals surface area (Å²) in [6.07, 6.45) is -9.51. The zero-order valence-corrected chi connectivity index (χ0v) is 38.9. The normalized spacial score (nSPS) is 31.4. The van der Waals surface area contributed by atoms with Gasteiger partial charge >= 0.3 is 0 Å². The Bertz CT molecular complexity index is 1870. The lowest BCUT2D eigenvalue weighted by Gasteiger charge is -2.49. The third-order valence-electron chi connectivity index (χ3n) is 12.2. The molecule has 14 nitrogen and oxygen atoms in total. The minimum absolute atomic E-state index is 0.0168. The standard InChI is InChI=1S/C47H66O14Si/c1-45(2,3)62(10,11)54-28-35-37(59-46(4,5)58-35)39-40(61-47(6,7)60-39)42(48)57-44-41(52-26-30-19-23-33(50-9)24-20-30)38(51-25-29-17-21-32(49-8)22-18-29)36-34(55-44)27-53-43(56-36)31-15-13-12-14-16-31/h12-24,34-44,48H,25-28H2,1-11H3/t34-,35-,36-,37-,38+,39+,40+,41+,42?,43?,44+/m1/s1. The van der Waals surface area contributed by atoms with Crippen LogP contribution >= 0.6 is 0 Å². The van der Waals surface area contributed by atoms with Gasteiger partial charge in [-0.1, -0.05) is 75.4 Å². The summed E-state index contributed by atoms with van der Waals surface area (Å²) in [5.41, 5.74) is 2.63. The number of ether oxygens (including phenoxy) is 12. The molecule has 4 saturated heterocycles. The van der Waals surface area contributed by atoms with Gasteiger partial charge < -0.3 is 66.4 Å². The second-order valence-corrected chi connectivity index (χ2v) is 23.6. The van der Waals surface area contributed by atoms with Crippen LogP contribution in [0, 0.1) is 0 Å². The highest BCUT2D eigenvalue weighted by Gasteiger charge is 2.58. The molecule has 4 fully saturated rings. The molecule has 0 radical (unpaired) electrons. The van der Waals surface area contributed by atoms with Crippen molar-refractivity contribution >= 4 is 8.32 Å². The monoisotopic (exact) mass is 882 g/mol. The van der Waals surface area contributed by atoms with E-state index in [0.717, 1.165) is 28.2 Å². The van der Waals surface area contributed by atoms with Crippen LogP contribution in [0.3, 0.4) is 0 Å². The molecule has 0 saturated carbocycles. The van der Waals surface area contributed by atoms with Crippen LogP contribution < -0.4 is 9.47 Å². The SMILES string of the molecule is COc1ccc(CO[C@@H]2[C@H](OCc3ccc(OC)cc3)[C@H](OC(O)[C@H]3OC(C)(C)O[C@H]3[C@@H]3OC(C)(C)O[C@@H]3CO[Si](C)(C)C(C)(C)C)O[C@@H]3COC(c4ccccc4)O[C@@H]23)cc1. The summed E-state index contributed by atoms with van der Waals surface area (Å²) < 4.78 is 83.1. The highest BCUT2D eigenvalue weighted by Crippen LogP contribution is 2.43. The Kier molecular flexibility index (Phi) is 14.6. The molecule has 3 aromatic rings. The first kappa shape index (κ1) is 47.0. The summed E-state index contributed by atoms with van der Waals surface area (Å²) in [5, 5.41) is 12.2. The van der Waals surface area contributed by atoms with Gasteiger partial charge in [0.15, 0.2) is 38.8 Å². The summed E-state index contributed by atoms with van der Waals surface area (Å²) in [5.74, 6) is -0.609. The van der Waals surface area contributed by atoms with Gasteiger partial charge in [-0.25, -0.2) is 0 Å². The van der Waals surface area contributed by atoms with Gasteiger partial charge in [0.05, 0.1) is 40.6 Å². The third kappa shape index (κ3) is 11.1. The van der Waals surface area contributed by atoms with Gasteiger partial charge in [-0.05, 0) is 81.2 Å². The average Bonchev–Trinajstić information content (AvgIpc) is 3.75. The Hall–Kier alpha value is -3.00. The Balaban J connectivity index is 1.18. The molecule has 0 spiro atoms. The zero-order chi connectivity index (χ0) is 44.5. The minimum Gasteiger partial charge on any atom is -0.497 e. The van der Waals surface area contributed by atoms with Gasteiger partial charge in [0, 0.05) is 5.56 Å². The van der Waals surface area contributed by atoms with Gasteiger partial charge in [-0.3, -0.25) is 0 Å². The van der Waals surface area contributed by atoms with E-state index < -0.39 is 87.6 Å². The molecule has 0 aliphatic carbocycles. The second-order valence-electron chi connectivity index (χ2n) is 18.8. The highest BCUT2D eigenvalue weighted by atomic mass is 28.4. The van der Waals surface area contributed by atoms with Gasteiger partial charge in [-0.2, -0.15) is 0 Å². The van der Waals surface area contributed by atoms with Crippen molar-refractivity contribution in [3.05, 3.63) is 95.6 Å². The molecule has 3 aromatic carbocycles. The maximum Gasteiger partial charge on any atom is 0.192 e. The maximum absolute atomic E-state index is 12.2. The maximum atomic E-state index is 12.2. The quantitative estimate of drug-likeness (QED) is 0.113. The molecule has 7 rings (SSSR count). The Morgan fingerprint density at radius 1 is 0.710 bits per heavy atom. The average molecular weight is 883 g/mol. The van der Waals surface area contributed by atoms with Crippen molar-refractivity contribution in [3.63, 3.8) is 0 Å². The number of fused-ring (bicyclic) bond motifs is 1. The summed E-state index contributed by atoms with van der Waals surface area (Å²) in [6.45, 7) is 19.1. The number of benzene rings is 3. The van der Waals surface area contributed by atoms with Gasteiger partial charge in [0.25, 0.3) is 0 Å². The van der Waals surface area contributed by atoms with Gasteiger partial charge in [0.1, 0.15) is 60.3 Å². The lowest BCUT2D eigenvalue weighted by molar-refractivity contribution is -0.391. The van der Waals surface area contributed by atoms with Crippen molar-refractivity contribution in [2.75, 3.05) is 27.4 Å². The topological polar surface area (TPSA) is 140 Å². The molecule has 0 bridgehead atoms. The largest absolute Gasteiger partial charge is 0.497 e. The first-order valence-electron chi connectivity index (χ1n) is 21.5. The van der Waals surface area contributed by atoms with Crippen LogP contribution in [0.4, 0.5) is 0 Å². The second kappa shape index (κ2) is 19.2. The molecule has 342 valence electrons. The van der Waals surface area contributed by atoms with Crippen LogP contribution in [0.25, 0.3) is 0 Å². The lowest BCUT2D eigenvalue weighted by Crippen LogP contribution is -2.64. The van der Waals surface area contributed by atoms with E-state index in [-0.39, 0.29) is 31.5 Å². The lowest BCUT2D eigenvalue weighted by atomic mass is 9.96. The van der Waals surface area contributed by atoms with E-state index >= 15 is 0 Å². The fourth-order valence-electron chi connectivity index (χ4n) is 7.91. The van der Waals surface area contributed by atoms with Crippen LogP contribution in [0.15, 0.2) is 78.9 Å². The smallest absolute Gasteiger partial charge is 0.192 e. The zero-order valence-electron chi connectivity index (χ0n) is 37.9. The van der Waals surface area contributed by atoms with Crippen LogP contribution in [-0.4, -0.2) is 114 Å². The predicted octanol–water partition coefficient (Wildman–Crippen LogP) is 7.41. The van der Waals surface area contributed by atoms with Crippen LogP contribution in [-0.2, 0) is 65.0 Å². The number of aliphatic hydroxyl groups is 1. The van der Waals surface area contributed by atoms with E-state index in [1.165, 1.54) is 0 Å². The summed E-state index contributed by atoms with van der Waals surface area (Å²) in [7, 11) is 1.09. The third-order valence-corrected chi connectivity index (χ3v) is 16.7. The number of methoxy groups -OCH3 is 2. The molecule has 0 amide bonds. The van der Waals surface area contributed by atoms with E-state index in [2.05, 4.69) is 33.9 Å². The van der Waals surface area contributed by atoms with E-state index in [1.54, 1.807) is 28.1 Å². The van der Waals surface area contributed by atoms with E-state index in [1.807, 2.05) is 92.7 Å². The Morgan fingerprint density at radius 3 is 1.85 bits per heavy atom. The number of aliphatic hydroxyl groups excluding tert-OH is 1. The molecule has 62 heavy (non-hydrogen) atoms. The van der Waals surface area contributed by atoms with Crippen molar-refractivity contribution in [3.8, 4) is 11.5 Å². The fraction of sp³-hybridized carbons (Fsp3) is 0.617. The number of hydrogen-bond acceptors (Lipinski definition) is 14. The molecule has 15 heteroatoms. The molecular weight excluding hydrogens is 817 g/mol. The highest BCUT2D eigenvalue weighted by molar-refractivity contribution is 6.74. The minimum atomic E-state index is -2.16. The fourth-order valence-corrected chi connectivity index (χ4v) is 8.93. The van der Waals surface area contributed by atoms with Crippen molar-refractivity contribution in [2.45, 2.75) is 159 Å². The van der Waals surface area contributed by atoms with E-state index in [4.69, 9.17) is 61.3 Å². The molecular formula is C47H66O14Si. The Labute approximate surface area is 367 Å². The first-order chi connectivity index (χ1) is 29.3. The molecule has 11 atom stereocenters. The number of rotatable bonds is 16. The molecule has 4 heterocycles. The van der Waals surface area contributed by atoms with Crippen molar-refractivity contribution < 1.29 is 66.4 Å².